The van der Waals surface area contributed by atoms with Gasteiger partial charge >= 0.3 is 12.1 Å². The Labute approximate surface area is 200 Å². The van der Waals surface area contributed by atoms with Crippen molar-refractivity contribution in [3.63, 3.8) is 0 Å². The van der Waals surface area contributed by atoms with Crippen molar-refractivity contribution in [3.8, 4) is 11.1 Å². The summed E-state index contributed by atoms with van der Waals surface area (Å²) in [6, 6.07) is 15.1. The number of rotatable bonds is 8. The number of hydrogen-bond donors (Lipinski definition) is 3. The fourth-order valence-electron chi connectivity index (χ4n) is 4.52. The molecule has 2 aromatic carbocycles. The van der Waals surface area contributed by atoms with E-state index in [1.54, 1.807) is 34.6 Å². The molecule has 1 aliphatic rings. The topological polar surface area (TPSA) is 105 Å². The summed E-state index contributed by atoms with van der Waals surface area (Å²) in [5.41, 5.74) is 2.40. The molecule has 7 heteroatoms. The molecule has 0 saturated carbocycles. The summed E-state index contributed by atoms with van der Waals surface area (Å²) in [5, 5.41) is 15.0. The summed E-state index contributed by atoms with van der Waals surface area (Å²) >= 11 is 0. The fraction of sp³-hybridized carbons (Fsp3) is 0.444. The molecule has 2 aromatic rings. The number of fused-ring (bicyclic) bond motifs is 3. The van der Waals surface area contributed by atoms with Crippen LogP contribution in [0.25, 0.3) is 11.1 Å². The molecular formula is C27H34N2O5. The van der Waals surface area contributed by atoms with Gasteiger partial charge in [0.1, 0.15) is 18.2 Å². The number of alkyl carbamates (subject to hydrolysis) is 1. The van der Waals surface area contributed by atoms with Crippen LogP contribution in [0, 0.1) is 5.41 Å². The standard InChI is InChI=1S/C27H34N2O5/c1-6-27(7-2,24(31)32)29-23(30)22(26(3,4)5)28-25(33)34-16-21-19-14-10-8-12-17(19)18-13-9-11-15-20(18)21/h8-15,21-22H,6-7,16H2,1-5H3,(H,28,33)(H,29,30)(H,31,32)/t22-/m0/s1. The molecule has 182 valence electrons. The smallest absolute Gasteiger partial charge is 0.407 e. The molecule has 1 aliphatic carbocycles. The van der Waals surface area contributed by atoms with Gasteiger partial charge in [0, 0.05) is 5.92 Å². The van der Waals surface area contributed by atoms with E-state index in [4.69, 9.17) is 4.74 Å². The fourth-order valence-corrected chi connectivity index (χ4v) is 4.52. The predicted octanol–water partition coefficient (Wildman–Crippen LogP) is 4.70. The van der Waals surface area contributed by atoms with E-state index in [1.807, 2.05) is 36.4 Å². The van der Waals surface area contributed by atoms with Crippen LogP contribution in [0.2, 0.25) is 0 Å². The second kappa shape index (κ2) is 9.87. The maximum absolute atomic E-state index is 13.1. The molecule has 0 aliphatic heterocycles. The van der Waals surface area contributed by atoms with Crippen molar-refractivity contribution in [2.24, 2.45) is 5.41 Å². The molecule has 0 fully saturated rings. The number of hydrogen-bond acceptors (Lipinski definition) is 4. The molecule has 0 spiro atoms. The van der Waals surface area contributed by atoms with Crippen molar-refractivity contribution in [3.05, 3.63) is 59.7 Å². The van der Waals surface area contributed by atoms with E-state index in [1.165, 1.54) is 0 Å². The molecule has 1 atom stereocenters. The number of carboxylic acids is 1. The van der Waals surface area contributed by atoms with Crippen LogP contribution in [0.1, 0.15) is 64.5 Å². The lowest BCUT2D eigenvalue weighted by Gasteiger charge is -2.35. The van der Waals surface area contributed by atoms with E-state index >= 15 is 0 Å². The molecule has 0 saturated heterocycles. The number of carbonyl (C=O) groups excluding carboxylic acids is 2. The van der Waals surface area contributed by atoms with Gasteiger partial charge < -0.3 is 20.5 Å². The number of ether oxygens (including phenoxy) is 1. The second-order valence-corrected chi connectivity index (χ2v) is 9.85. The van der Waals surface area contributed by atoms with E-state index in [0.717, 1.165) is 22.3 Å². The van der Waals surface area contributed by atoms with Gasteiger partial charge in [0.2, 0.25) is 5.91 Å². The number of aliphatic carboxylic acids is 1. The molecule has 3 N–H and O–H groups in total. The molecule has 2 amide bonds. The Balaban J connectivity index is 1.73. The Kier molecular flexibility index (Phi) is 7.34. The Hall–Kier alpha value is -3.35. The number of carbonyl (C=O) groups is 3. The van der Waals surface area contributed by atoms with E-state index in [0.29, 0.717) is 0 Å². The van der Waals surface area contributed by atoms with Crippen LogP contribution in [-0.4, -0.2) is 41.3 Å². The predicted molar refractivity (Wildman–Crippen MR) is 131 cm³/mol. The Morgan fingerprint density at radius 2 is 1.44 bits per heavy atom. The van der Waals surface area contributed by atoms with Gasteiger partial charge in [-0.2, -0.15) is 0 Å². The third-order valence-corrected chi connectivity index (χ3v) is 6.71. The van der Waals surface area contributed by atoms with Crippen molar-refractivity contribution in [2.75, 3.05) is 6.61 Å². The second-order valence-electron chi connectivity index (χ2n) is 9.85. The molecule has 0 heterocycles. The largest absolute Gasteiger partial charge is 0.480 e. The van der Waals surface area contributed by atoms with Crippen LogP contribution in [-0.2, 0) is 14.3 Å². The van der Waals surface area contributed by atoms with Gasteiger partial charge in [-0.05, 0) is 40.5 Å². The zero-order chi connectivity index (χ0) is 25.1. The van der Waals surface area contributed by atoms with Gasteiger partial charge in [-0.1, -0.05) is 83.1 Å². The number of carboxylic acid groups (broad SMARTS) is 1. The highest BCUT2D eigenvalue weighted by molar-refractivity contribution is 5.91. The first-order valence-electron chi connectivity index (χ1n) is 11.7. The first-order valence-corrected chi connectivity index (χ1v) is 11.7. The zero-order valence-electron chi connectivity index (χ0n) is 20.5. The lowest BCUT2D eigenvalue weighted by atomic mass is 9.84. The van der Waals surface area contributed by atoms with Crippen molar-refractivity contribution in [2.45, 2.75) is 65.0 Å². The molecule has 3 rings (SSSR count). The molecule has 7 nitrogen and oxygen atoms in total. The van der Waals surface area contributed by atoms with Crippen LogP contribution in [0.15, 0.2) is 48.5 Å². The Morgan fingerprint density at radius 1 is 0.941 bits per heavy atom. The minimum atomic E-state index is -1.39. The number of benzene rings is 2. The minimum Gasteiger partial charge on any atom is -0.480 e. The Bertz CT molecular complexity index is 1020. The van der Waals surface area contributed by atoms with Gasteiger partial charge in [0.25, 0.3) is 0 Å². The summed E-state index contributed by atoms with van der Waals surface area (Å²) in [5.74, 6) is -1.74. The molecule has 0 bridgehead atoms. The van der Waals surface area contributed by atoms with E-state index in [-0.39, 0.29) is 25.4 Å². The third-order valence-electron chi connectivity index (χ3n) is 6.71. The molecular weight excluding hydrogens is 432 g/mol. The van der Waals surface area contributed by atoms with Crippen LogP contribution in [0.5, 0.6) is 0 Å². The highest BCUT2D eigenvalue weighted by atomic mass is 16.5. The molecule has 0 radical (unpaired) electrons. The van der Waals surface area contributed by atoms with E-state index in [2.05, 4.69) is 22.8 Å². The summed E-state index contributed by atoms with van der Waals surface area (Å²) in [6.45, 7) is 8.97. The van der Waals surface area contributed by atoms with Gasteiger partial charge in [0.15, 0.2) is 0 Å². The number of nitrogens with one attached hydrogen (secondary N) is 2. The highest BCUT2D eigenvalue weighted by Gasteiger charge is 2.41. The molecule has 34 heavy (non-hydrogen) atoms. The Morgan fingerprint density at radius 3 is 1.88 bits per heavy atom. The van der Waals surface area contributed by atoms with Crippen molar-refractivity contribution >= 4 is 18.0 Å². The van der Waals surface area contributed by atoms with Crippen molar-refractivity contribution < 1.29 is 24.2 Å². The maximum atomic E-state index is 13.1. The quantitative estimate of drug-likeness (QED) is 0.523. The summed E-state index contributed by atoms with van der Waals surface area (Å²) < 4.78 is 5.60. The summed E-state index contributed by atoms with van der Waals surface area (Å²) in [6.07, 6.45) is -0.260. The minimum absolute atomic E-state index is 0.0973. The summed E-state index contributed by atoms with van der Waals surface area (Å²) in [7, 11) is 0. The molecule has 0 unspecified atom stereocenters. The first-order chi connectivity index (χ1) is 16.0. The summed E-state index contributed by atoms with van der Waals surface area (Å²) in [4.78, 5) is 37.7. The first kappa shape index (κ1) is 25.3. The average molecular weight is 467 g/mol. The van der Waals surface area contributed by atoms with Crippen molar-refractivity contribution in [1.29, 1.82) is 0 Å². The normalized spacial score (nSPS) is 14.0. The van der Waals surface area contributed by atoms with Crippen LogP contribution in [0.4, 0.5) is 4.79 Å². The number of amides is 2. The van der Waals surface area contributed by atoms with Crippen LogP contribution < -0.4 is 10.6 Å². The SMILES string of the molecule is CCC(CC)(NC(=O)[C@H](NC(=O)OCC1c2ccccc2-c2ccccc21)C(C)(C)C)C(=O)O. The van der Waals surface area contributed by atoms with Gasteiger partial charge in [-0.15, -0.1) is 0 Å². The lowest BCUT2D eigenvalue weighted by molar-refractivity contribution is -0.148. The zero-order valence-corrected chi connectivity index (χ0v) is 20.5. The van der Waals surface area contributed by atoms with E-state index in [9.17, 15) is 19.5 Å². The van der Waals surface area contributed by atoms with E-state index < -0.39 is 35.0 Å². The lowest BCUT2D eigenvalue weighted by Crippen LogP contribution is -2.61. The van der Waals surface area contributed by atoms with Gasteiger partial charge in [-0.3, -0.25) is 4.79 Å². The average Bonchev–Trinajstić information content (AvgIpc) is 3.12. The van der Waals surface area contributed by atoms with Crippen LogP contribution in [0.3, 0.4) is 0 Å². The van der Waals surface area contributed by atoms with Crippen molar-refractivity contribution in [1.82, 2.24) is 10.6 Å². The van der Waals surface area contributed by atoms with Gasteiger partial charge in [0.05, 0.1) is 0 Å². The monoisotopic (exact) mass is 466 g/mol. The maximum Gasteiger partial charge on any atom is 0.407 e. The van der Waals surface area contributed by atoms with Gasteiger partial charge in [-0.25, -0.2) is 9.59 Å². The highest BCUT2D eigenvalue weighted by Crippen LogP contribution is 2.44. The van der Waals surface area contributed by atoms with Crippen LogP contribution >= 0.6 is 0 Å². The third kappa shape index (κ3) is 4.93. The molecule has 0 aromatic heterocycles.